The topological polar surface area (TPSA) is 94.8 Å². The average Bonchev–Trinajstić information content (AvgIpc) is 2.57. The Bertz CT molecular complexity index is 777. The molecule has 2 aromatic carbocycles. The minimum absolute atomic E-state index is 0.378. The van der Waals surface area contributed by atoms with Crippen molar-refractivity contribution in [1.82, 2.24) is 0 Å². The minimum Gasteiger partial charge on any atom is -0.507 e. The molecule has 0 saturated heterocycles. The van der Waals surface area contributed by atoms with E-state index < -0.39 is 10.4 Å². The maximum Gasteiger partial charge on any atom is 0.394 e. The number of rotatable bonds is 7. The predicted molar refractivity (Wildman–Crippen MR) is 105 cm³/mol. The van der Waals surface area contributed by atoms with Gasteiger partial charge in [0, 0.05) is 5.56 Å². The number of phenolic OH excluding ortho intramolecular Hbond substituents is 1. The number of unbranched alkanes of at least 4 members (excludes halogenated alkanes) is 2. The Morgan fingerprint density at radius 1 is 0.808 bits per heavy atom. The molecule has 0 unspecified atom stereocenters. The molecule has 2 aromatic rings. The fourth-order valence-corrected chi connectivity index (χ4v) is 2.84. The van der Waals surface area contributed by atoms with Gasteiger partial charge in [-0.15, -0.1) is 0 Å². The number of benzene rings is 2. The first-order valence-electron chi connectivity index (χ1n) is 8.86. The second-order valence-electron chi connectivity index (χ2n) is 6.12. The van der Waals surface area contributed by atoms with E-state index in [0.29, 0.717) is 5.75 Å². The van der Waals surface area contributed by atoms with Crippen molar-refractivity contribution in [3.05, 3.63) is 53.6 Å². The van der Waals surface area contributed by atoms with Crippen LogP contribution in [0.3, 0.4) is 0 Å². The molecule has 3 N–H and O–H groups in total. The Balaban J connectivity index is 0.000000597. The fraction of sp³-hybridized carbons (Fsp3) is 0.400. The van der Waals surface area contributed by atoms with Crippen molar-refractivity contribution >= 4 is 10.4 Å². The Kier molecular flexibility index (Phi) is 9.34. The zero-order valence-electron chi connectivity index (χ0n) is 15.4. The molecular formula is C20H28O5S. The number of para-hydroxylation sites is 1. The largest absolute Gasteiger partial charge is 0.507 e. The first kappa shape index (κ1) is 22.2. The van der Waals surface area contributed by atoms with Crippen LogP contribution < -0.4 is 0 Å². The van der Waals surface area contributed by atoms with Crippen molar-refractivity contribution in [3.8, 4) is 16.9 Å². The Morgan fingerprint density at radius 3 is 1.92 bits per heavy atom. The Hall–Kier alpha value is -1.89. The van der Waals surface area contributed by atoms with E-state index in [1.54, 1.807) is 6.07 Å². The van der Waals surface area contributed by atoms with Crippen molar-refractivity contribution in [1.29, 1.82) is 0 Å². The zero-order chi connectivity index (χ0) is 19.6. The number of hydrogen-bond donors (Lipinski definition) is 3. The molecule has 6 heteroatoms. The van der Waals surface area contributed by atoms with Gasteiger partial charge >= 0.3 is 10.4 Å². The van der Waals surface area contributed by atoms with E-state index in [4.69, 9.17) is 17.5 Å². The molecule has 0 amide bonds. The predicted octanol–water partition coefficient (Wildman–Crippen LogP) is 5.09. The van der Waals surface area contributed by atoms with Gasteiger partial charge in [0.25, 0.3) is 0 Å². The van der Waals surface area contributed by atoms with Gasteiger partial charge in [0.2, 0.25) is 0 Å². The minimum atomic E-state index is -4.67. The van der Waals surface area contributed by atoms with E-state index in [1.165, 1.54) is 42.4 Å². The van der Waals surface area contributed by atoms with Crippen LogP contribution >= 0.6 is 0 Å². The summed E-state index contributed by atoms with van der Waals surface area (Å²) >= 11 is 0. The van der Waals surface area contributed by atoms with Gasteiger partial charge in [0.15, 0.2) is 0 Å². The van der Waals surface area contributed by atoms with Crippen molar-refractivity contribution in [2.45, 2.75) is 52.4 Å². The molecule has 0 bridgehead atoms. The monoisotopic (exact) mass is 380 g/mol. The number of aromatic hydroxyl groups is 1. The lowest BCUT2D eigenvalue weighted by Crippen LogP contribution is -1.98. The lowest BCUT2D eigenvalue weighted by atomic mass is 9.89. The highest BCUT2D eigenvalue weighted by Crippen LogP contribution is 2.34. The molecule has 26 heavy (non-hydrogen) atoms. The van der Waals surface area contributed by atoms with Crippen LogP contribution in [0.2, 0.25) is 0 Å². The summed E-state index contributed by atoms with van der Waals surface area (Å²) in [6.45, 7) is 4.47. The van der Waals surface area contributed by atoms with E-state index in [0.717, 1.165) is 18.4 Å². The SMILES string of the molecule is CCCCc1cccc(-c2ccccc2O)c1CCCC.O=S(=O)(O)O. The van der Waals surface area contributed by atoms with Crippen LogP contribution in [0.1, 0.15) is 50.7 Å². The van der Waals surface area contributed by atoms with Crippen LogP contribution in [-0.4, -0.2) is 22.6 Å². The standard InChI is InChI=1S/C20H26O.H2O4S/c1-3-5-10-16-11-9-14-18(17(16)12-6-4-2)19-13-7-8-15-20(19)21;1-5(2,3)4/h7-9,11,13-15,21H,3-6,10,12H2,1-2H3;(H2,1,2,3,4). The van der Waals surface area contributed by atoms with Gasteiger partial charge in [-0.25, -0.2) is 0 Å². The molecule has 2 rings (SSSR count). The Labute approximate surface area is 156 Å². The molecule has 0 aromatic heterocycles. The van der Waals surface area contributed by atoms with Crippen LogP contribution in [-0.2, 0) is 23.2 Å². The molecule has 0 saturated carbocycles. The van der Waals surface area contributed by atoms with Crippen LogP contribution in [0.5, 0.6) is 5.75 Å². The second-order valence-corrected chi connectivity index (χ2v) is 7.01. The van der Waals surface area contributed by atoms with Crippen LogP contribution in [0.25, 0.3) is 11.1 Å². The van der Waals surface area contributed by atoms with Crippen molar-refractivity contribution in [2.24, 2.45) is 0 Å². The first-order valence-corrected chi connectivity index (χ1v) is 10.3. The van der Waals surface area contributed by atoms with Crippen molar-refractivity contribution < 1.29 is 22.6 Å². The molecular weight excluding hydrogens is 352 g/mol. The fourth-order valence-electron chi connectivity index (χ4n) is 2.84. The maximum absolute atomic E-state index is 10.2. The van der Waals surface area contributed by atoms with Gasteiger partial charge in [0.05, 0.1) is 0 Å². The average molecular weight is 381 g/mol. The van der Waals surface area contributed by atoms with E-state index in [-0.39, 0.29) is 0 Å². The van der Waals surface area contributed by atoms with E-state index in [2.05, 4.69) is 32.0 Å². The van der Waals surface area contributed by atoms with Crippen LogP contribution in [0, 0.1) is 0 Å². The highest BCUT2D eigenvalue weighted by atomic mass is 32.3. The smallest absolute Gasteiger partial charge is 0.394 e. The molecule has 144 valence electrons. The third-order valence-electron chi connectivity index (χ3n) is 4.05. The molecule has 0 aliphatic heterocycles. The van der Waals surface area contributed by atoms with Gasteiger partial charge in [-0.3, -0.25) is 9.11 Å². The summed E-state index contributed by atoms with van der Waals surface area (Å²) in [6.07, 6.45) is 7.07. The van der Waals surface area contributed by atoms with Gasteiger partial charge in [-0.05, 0) is 48.4 Å². The summed E-state index contributed by atoms with van der Waals surface area (Å²) in [6, 6.07) is 14.2. The zero-order valence-corrected chi connectivity index (χ0v) is 16.2. The third kappa shape index (κ3) is 7.99. The van der Waals surface area contributed by atoms with Gasteiger partial charge in [0.1, 0.15) is 5.75 Å². The molecule has 0 radical (unpaired) electrons. The summed E-state index contributed by atoms with van der Waals surface area (Å²) < 4.78 is 31.6. The second kappa shape index (κ2) is 11.0. The molecule has 5 nitrogen and oxygen atoms in total. The first-order chi connectivity index (χ1) is 12.3. The maximum atomic E-state index is 10.2. The van der Waals surface area contributed by atoms with Crippen LogP contribution in [0.4, 0.5) is 0 Å². The van der Waals surface area contributed by atoms with Crippen LogP contribution in [0.15, 0.2) is 42.5 Å². The highest BCUT2D eigenvalue weighted by Gasteiger charge is 2.12. The summed E-state index contributed by atoms with van der Waals surface area (Å²) in [4.78, 5) is 0. The van der Waals surface area contributed by atoms with Crippen molar-refractivity contribution in [2.75, 3.05) is 0 Å². The van der Waals surface area contributed by atoms with E-state index in [1.807, 2.05) is 18.2 Å². The molecule has 0 fully saturated rings. The molecule has 0 heterocycles. The van der Waals surface area contributed by atoms with E-state index in [9.17, 15) is 5.11 Å². The normalized spacial score (nSPS) is 10.9. The number of aryl methyl sites for hydroxylation is 1. The third-order valence-corrected chi connectivity index (χ3v) is 4.05. The number of hydrogen-bond acceptors (Lipinski definition) is 3. The number of phenols is 1. The summed E-state index contributed by atoms with van der Waals surface area (Å²) in [5, 5.41) is 10.2. The molecule has 0 aliphatic carbocycles. The Morgan fingerprint density at radius 2 is 1.35 bits per heavy atom. The molecule has 0 spiro atoms. The van der Waals surface area contributed by atoms with Gasteiger partial charge in [-0.1, -0.05) is 63.1 Å². The van der Waals surface area contributed by atoms with Gasteiger partial charge in [-0.2, -0.15) is 8.42 Å². The highest BCUT2D eigenvalue weighted by molar-refractivity contribution is 7.79. The molecule has 0 atom stereocenters. The summed E-state index contributed by atoms with van der Waals surface area (Å²) in [7, 11) is -4.67. The van der Waals surface area contributed by atoms with E-state index >= 15 is 0 Å². The quantitative estimate of drug-likeness (QED) is 0.581. The van der Waals surface area contributed by atoms with Gasteiger partial charge < -0.3 is 5.11 Å². The lowest BCUT2D eigenvalue weighted by molar-refractivity contribution is 0.381. The lowest BCUT2D eigenvalue weighted by Gasteiger charge is -2.16. The summed E-state index contributed by atoms with van der Waals surface area (Å²) in [5.74, 6) is 0.378. The summed E-state index contributed by atoms with van der Waals surface area (Å²) in [5.41, 5.74) is 5.04. The van der Waals surface area contributed by atoms with Crippen molar-refractivity contribution in [3.63, 3.8) is 0 Å². The molecule has 0 aliphatic rings.